The van der Waals surface area contributed by atoms with Gasteiger partial charge in [-0.25, -0.2) is 15.0 Å². The monoisotopic (exact) mass is 686 g/mol. The molecule has 11 aromatic rings. The Bertz CT molecular complexity index is 3030. The number of aromatic nitrogens is 4. The lowest BCUT2D eigenvalue weighted by atomic mass is 10.1. The maximum atomic E-state index is 5.01. The Balaban J connectivity index is 1.12. The van der Waals surface area contributed by atoms with E-state index in [-0.39, 0.29) is 0 Å². The summed E-state index contributed by atoms with van der Waals surface area (Å²) in [6.07, 6.45) is 0. The second-order valence-electron chi connectivity index (χ2n) is 12.8. The van der Waals surface area contributed by atoms with E-state index in [0.29, 0.717) is 17.5 Å². The van der Waals surface area contributed by atoms with E-state index in [9.17, 15) is 0 Å². The summed E-state index contributed by atoms with van der Waals surface area (Å²) in [7, 11) is 0. The second-order valence-corrected chi connectivity index (χ2v) is 14.9. The molecule has 0 N–H and O–H groups in total. The van der Waals surface area contributed by atoms with Crippen LogP contribution in [0, 0.1) is 0 Å². The molecule has 0 aliphatic heterocycles. The highest BCUT2D eigenvalue weighted by atomic mass is 32.1. The molecule has 0 atom stereocenters. The van der Waals surface area contributed by atoms with Crippen molar-refractivity contribution in [3.05, 3.63) is 158 Å². The average molecular weight is 687 g/mol. The fraction of sp³-hybridized carbons (Fsp3) is 0. The molecular formula is C45H26N4S2. The van der Waals surface area contributed by atoms with Crippen molar-refractivity contribution in [2.24, 2.45) is 0 Å². The molecule has 0 saturated carbocycles. The molecule has 0 fully saturated rings. The first-order chi connectivity index (χ1) is 25.3. The summed E-state index contributed by atoms with van der Waals surface area (Å²) >= 11 is 3.76. The van der Waals surface area contributed by atoms with E-state index in [1.54, 1.807) is 0 Å². The van der Waals surface area contributed by atoms with Crippen LogP contribution in [0.2, 0.25) is 0 Å². The van der Waals surface area contributed by atoms with E-state index in [1.165, 1.54) is 67.8 Å². The lowest BCUT2D eigenvalue weighted by Gasteiger charge is -2.09. The van der Waals surface area contributed by atoms with Crippen LogP contribution in [-0.4, -0.2) is 19.5 Å². The normalized spacial score (nSPS) is 11.9. The minimum Gasteiger partial charge on any atom is -0.308 e. The van der Waals surface area contributed by atoms with Crippen molar-refractivity contribution >= 4 is 84.8 Å². The first-order valence-corrected chi connectivity index (χ1v) is 18.6. The van der Waals surface area contributed by atoms with Gasteiger partial charge in [-0.15, -0.1) is 22.7 Å². The molecule has 0 aliphatic carbocycles. The van der Waals surface area contributed by atoms with Gasteiger partial charge in [0.05, 0.1) is 21.4 Å². The molecule has 0 amide bonds. The molecule has 0 aliphatic rings. The van der Waals surface area contributed by atoms with Gasteiger partial charge in [0.2, 0.25) is 0 Å². The van der Waals surface area contributed by atoms with Gasteiger partial charge in [-0.05, 0) is 42.5 Å². The van der Waals surface area contributed by atoms with Crippen LogP contribution in [0.15, 0.2) is 158 Å². The summed E-state index contributed by atoms with van der Waals surface area (Å²) in [6.45, 7) is 0. The highest BCUT2D eigenvalue weighted by Crippen LogP contribution is 2.47. The van der Waals surface area contributed by atoms with E-state index in [0.717, 1.165) is 16.7 Å². The van der Waals surface area contributed by atoms with Crippen LogP contribution in [0.4, 0.5) is 0 Å². The summed E-state index contributed by atoms with van der Waals surface area (Å²) in [5.41, 5.74) is 6.59. The number of thiophene rings is 2. The number of hydrogen-bond acceptors (Lipinski definition) is 5. The Morgan fingerprint density at radius 2 is 0.922 bits per heavy atom. The van der Waals surface area contributed by atoms with Crippen molar-refractivity contribution in [1.29, 1.82) is 0 Å². The molecule has 0 saturated heterocycles. The van der Waals surface area contributed by atoms with Crippen LogP contribution in [-0.2, 0) is 0 Å². The summed E-state index contributed by atoms with van der Waals surface area (Å²) in [6, 6.07) is 55.8. The predicted octanol–water partition coefficient (Wildman–Crippen LogP) is 12.7. The standard InChI is InChI=1S/C45H26N4S2/c1-3-12-27(13-4-1)43-46-44(28-14-5-2-6-15-28)48-45(47-43)29-22-24-38-34(26-29)32-23-25-39-40(42(32)50-38)33-18-11-21-37(41(33)51-39)49-35-19-9-7-16-30(35)31-17-8-10-20-36(31)49/h1-26H. The van der Waals surface area contributed by atoms with Crippen molar-refractivity contribution in [3.63, 3.8) is 0 Å². The number of nitrogens with zero attached hydrogens (tertiary/aromatic N) is 4. The molecule has 0 radical (unpaired) electrons. The Labute approximate surface area is 300 Å². The van der Waals surface area contributed by atoms with Gasteiger partial charge in [-0.3, -0.25) is 0 Å². The molecule has 4 nitrogen and oxygen atoms in total. The lowest BCUT2D eigenvalue weighted by molar-refractivity contribution is 1.07. The van der Waals surface area contributed by atoms with Crippen molar-refractivity contribution in [3.8, 4) is 39.9 Å². The minimum atomic E-state index is 0.667. The third-order valence-corrected chi connectivity index (χ3v) is 12.3. The molecule has 51 heavy (non-hydrogen) atoms. The molecule has 0 unspecified atom stereocenters. The largest absolute Gasteiger partial charge is 0.308 e. The van der Waals surface area contributed by atoms with E-state index < -0.39 is 0 Å². The molecule has 238 valence electrons. The summed E-state index contributed by atoms with van der Waals surface area (Å²) < 4.78 is 7.61. The molecule has 6 heteroatoms. The fourth-order valence-corrected chi connectivity index (χ4v) is 10.1. The zero-order valence-electron chi connectivity index (χ0n) is 27.1. The topological polar surface area (TPSA) is 43.6 Å². The summed E-state index contributed by atoms with van der Waals surface area (Å²) in [5, 5.41) is 7.65. The smallest absolute Gasteiger partial charge is 0.164 e. The highest BCUT2D eigenvalue weighted by Gasteiger charge is 2.19. The van der Waals surface area contributed by atoms with Gasteiger partial charge < -0.3 is 4.57 Å². The number of para-hydroxylation sites is 2. The Kier molecular flexibility index (Phi) is 6.26. The third-order valence-electron chi connectivity index (χ3n) is 9.86. The van der Waals surface area contributed by atoms with E-state index in [2.05, 4.69) is 102 Å². The predicted molar refractivity (Wildman–Crippen MR) is 216 cm³/mol. The van der Waals surface area contributed by atoms with E-state index in [4.69, 9.17) is 15.0 Å². The van der Waals surface area contributed by atoms with Crippen LogP contribution in [0.1, 0.15) is 0 Å². The lowest BCUT2D eigenvalue weighted by Crippen LogP contribution is -2.00. The van der Waals surface area contributed by atoms with Gasteiger partial charge in [0.1, 0.15) is 0 Å². The van der Waals surface area contributed by atoms with Crippen molar-refractivity contribution < 1.29 is 0 Å². The highest BCUT2D eigenvalue weighted by molar-refractivity contribution is 7.30. The maximum absolute atomic E-state index is 5.01. The van der Waals surface area contributed by atoms with Gasteiger partial charge in [-0.1, -0.05) is 115 Å². The van der Waals surface area contributed by atoms with Crippen molar-refractivity contribution in [2.45, 2.75) is 0 Å². The Morgan fingerprint density at radius 3 is 1.59 bits per heavy atom. The van der Waals surface area contributed by atoms with Crippen molar-refractivity contribution in [1.82, 2.24) is 19.5 Å². The van der Waals surface area contributed by atoms with Gasteiger partial charge >= 0.3 is 0 Å². The number of benzene rings is 7. The van der Waals surface area contributed by atoms with E-state index >= 15 is 0 Å². The van der Waals surface area contributed by atoms with Crippen LogP contribution in [0.3, 0.4) is 0 Å². The Morgan fingerprint density at radius 1 is 0.373 bits per heavy atom. The number of rotatable bonds is 4. The third kappa shape index (κ3) is 4.40. The van der Waals surface area contributed by atoms with Gasteiger partial charge in [0, 0.05) is 63.1 Å². The number of fused-ring (bicyclic) bond motifs is 10. The molecule has 0 spiro atoms. The SMILES string of the molecule is c1ccc(-c2nc(-c3ccccc3)nc(-c3ccc4sc5c(ccc6sc7c(-n8c9ccccc9c9ccccc98)cccc7c65)c4c3)n2)cc1. The van der Waals surface area contributed by atoms with Crippen LogP contribution in [0.5, 0.6) is 0 Å². The van der Waals surface area contributed by atoms with Crippen LogP contribution in [0.25, 0.3) is 102 Å². The first-order valence-electron chi connectivity index (χ1n) is 16.9. The van der Waals surface area contributed by atoms with Gasteiger partial charge in [-0.2, -0.15) is 0 Å². The molecule has 0 bridgehead atoms. The zero-order chi connectivity index (χ0) is 33.5. The van der Waals surface area contributed by atoms with Crippen LogP contribution >= 0.6 is 22.7 Å². The fourth-order valence-electron chi connectivity index (χ4n) is 7.54. The maximum Gasteiger partial charge on any atom is 0.164 e. The zero-order valence-corrected chi connectivity index (χ0v) is 28.7. The second kappa shape index (κ2) is 11.2. The van der Waals surface area contributed by atoms with E-state index in [1.807, 2.05) is 83.3 Å². The number of hydrogen-bond donors (Lipinski definition) is 0. The van der Waals surface area contributed by atoms with Gasteiger partial charge in [0.15, 0.2) is 17.5 Å². The molecule has 4 heterocycles. The minimum absolute atomic E-state index is 0.667. The summed E-state index contributed by atoms with van der Waals surface area (Å²) in [5.74, 6) is 2.00. The van der Waals surface area contributed by atoms with Gasteiger partial charge in [0.25, 0.3) is 0 Å². The molecule has 7 aromatic carbocycles. The molecule has 4 aromatic heterocycles. The quantitative estimate of drug-likeness (QED) is 0.185. The Hall–Kier alpha value is -6.21. The summed E-state index contributed by atoms with van der Waals surface area (Å²) in [4.78, 5) is 14.9. The first kappa shape index (κ1) is 28.6. The molecule has 11 rings (SSSR count). The average Bonchev–Trinajstić information content (AvgIpc) is 3.88. The van der Waals surface area contributed by atoms with Crippen molar-refractivity contribution in [2.75, 3.05) is 0 Å². The molecular weight excluding hydrogens is 661 g/mol. The van der Waals surface area contributed by atoms with Crippen LogP contribution < -0.4 is 0 Å².